The van der Waals surface area contributed by atoms with Crippen molar-refractivity contribution >= 4 is 0 Å². The Morgan fingerprint density at radius 1 is 0.269 bits per heavy atom. The molecule has 2 aliphatic rings. The highest BCUT2D eigenvalue weighted by atomic mass is 16.7. The van der Waals surface area contributed by atoms with E-state index in [2.05, 4.69) is 24.3 Å². The molecular weight excluding hydrogens is 833 g/mol. The first-order valence-electron chi connectivity index (χ1n) is 22.2. The van der Waals surface area contributed by atoms with Crippen molar-refractivity contribution in [1.82, 2.24) is 0 Å². The predicted octanol–water partition coefficient (Wildman–Crippen LogP) is 14.8. The molecule has 2 aliphatic carbocycles. The van der Waals surface area contributed by atoms with Crippen molar-refractivity contribution in [2.75, 3.05) is 0 Å². The van der Waals surface area contributed by atoms with Gasteiger partial charge >= 0.3 is 0 Å². The third-order valence-corrected chi connectivity index (χ3v) is 11.2. The Morgan fingerprint density at radius 2 is 0.567 bits per heavy atom. The van der Waals surface area contributed by atoms with Crippen LogP contribution < -0.4 is 28.4 Å². The Balaban J connectivity index is 1.06. The molecule has 0 saturated heterocycles. The molecule has 4 atom stereocenters. The highest BCUT2D eigenvalue weighted by Gasteiger charge is 2.51. The molecule has 7 nitrogen and oxygen atoms in total. The average Bonchev–Trinajstić information content (AvgIpc) is 3.36. The Bertz CT molecular complexity index is 2790. The summed E-state index contributed by atoms with van der Waals surface area (Å²) in [6.45, 7) is 0. The Hall–Kier alpha value is -8.68. The van der Waals surface area contributed by atoms with Crippen molar-refractivity contribution in [1.29, 1.82) is 0 Å². The van der Waals surface area contributed by atoms with E-state index in [1.807, 2.05) is 243 Å². The summed E-state index contributed by atoms with van der Waals surface area (Å²) in [5.41, 5.74) is 1.79. The zero-order valence-electron chi connectivity index (χ0n) is 36.4. The Morgan fingerprint density at radius 3 is 0.940 bits per heavy atom. The quantitative estimate of drug-likeness (QED) is 0.0896. The summed E-state index contributed by atoms with van der Waals surface area (Å²) in [6, 6.07) is 74.0. The first-order chi connectivity index (χ1) is 33.1. The second-order valence-corrected chi connectivity index (χ2v) is 15.9. The molecule has 0 radical (unpaired) electrons. The smallest absolute Gasteiger partial charge is 0.285 e. The number of benzene rings is 8. The third kappa shape index (κ3) is 9.87. The maximum Gasteiger partial charge on any atom is 0.285 e. The molecule has 0 bridgehead atoms. The topological polar surface area (TPSA) is 64.6 Å². The number of ether oxygens (including phenoxy) is 7. The summed E-state index contributed by atoms with van der Waals surface area (Å²) in [4.78, 5) is 0. The summed E-state index contributed by atoms with van der Waals surface area (Å²) >= 11 is 0. The SMILES string of the molecule is C1=CC(Oc2ccccc2)(Oc2cccc(Oc3ccccc3)c2)C(c2ccccc2)C(OC2=CC=CC(Oc3ccccc3)(Oc3cccc(Oc4ccccc4)c3)C2c2ccccc2)=C1. The van der Waals surface area contributed by atoms with Gasteiger partial charge in [-0.05, 0) is 96.1 Å². The molecule has 0 N–H and O–H groups in total. The molecular formula is C60H46O7. The number of para-hydroxylation sites is 4. The van der Waals surface area contributed by atoms with Crippen molar-refractivity contribution in [3.63, 3.8) is 0 Å². The molecule has 0 aliphatic heterocycles. The first kappa shape index (κ1) is 42.3. The zero-order valence-corrected chi connectivity index (χ0v) is 36.4. The monoisotopic (exact) mass is 878 g/mol. The molecule has 0 aromatic heterocycles. The lowest BCUT2D eigenvalue weighted by Gasteiger charge is -2.43. The summed E-state index contributed by atoms with van der Waals surface area (Å²) in [5, 5.41) is 0. The normalized spacial score (nSPS) is 19.5. The van der Waals surface area contributed by atoms with Crippen molar-refractivity contribution < 1.29 is 33.2 Å². The molecule has 8 aromatic rings. The van der Waals surface area contributed by atoms with Crippen LogP contribution in [-0.4, -0.2) is 11.6 Å². The van der Waals surface area contributed by atoms with Gasteiger partial charge in [0.05, 0.1) is 0 Å². The minimum Gasteiger partial charge on any atom is -0.464 e. The highest BCUT2D eigenvalue weighted by Crippen LogP contribution is 2.49. The Kier molecular flexibility index (Phi) is 12.4. The number of hydrogen-bond acceptors (Lipinski definition) is 7. The second kappa shape index (κ2) is 19.6. The van der Waals surface area contributed by atoms with Gasteiger partial charge < -0.3 is 33.2 Å². The minimum absolute atomic E-state index is 0.528. The van der Waals surface area contributed by atoms with E-state index in [-0.39, 0.29) is 0 Å². The standard InChI is InChI=1S/C60H46O7/c1-7-23-45(24-8-1)57-55(39-21-41-59(57,64-49-31-15-5-16-32-49)66-53-37-19-35-51(43-53)61-47-27-11-3-12-28-47)63-56-40-22-42-60(65-50-33-17-6-18-34-50,58(56)46-25-9-2-10-26-46)67-54-38-20-36-52(44-54)62-48-29-13-4-14-30-48/h1-44,57-58H. The molecule has 328 valence electrons. The number of hydrogen-bond donors (Lipinski definition) is 0. The van der Waals surface area contributed by atoms with E-state index >= 15 is 0 Å². The average molecular weight is 879 g/mol. The van der Waals surface area contributed by atoms with E-state index in [1.165, 1.54) is 0 Å². The summed E-state index contributed by atoms with van der Waals surface area (Å²) in [7, 11) is 0. The van der Waals surface area contributed by atoms with E-state index in [9.17, 15) is 0 Å². The van der Waals surface area contributed by atoms with Crippen LogP contribution in [0.3, 0.4) is 0 Å². The van der Waals surface area contributed by atoms with Crippen LogP contribution >= 0.6 is 0 Å². The summed E-state index contributed by atoms with van der Waals surface area (Å²) in [5.74, 6) is 1.78. The van der Waals surface area contributed by atoms with Gasteiger partial charge in [-0.15, -0.1) is 0 Å². The van der Waals surface area contributed by atoms with Gasteiger partial charge in [-0.1, -0.05) is 158 Å². The maximum absolute atomic E-state index is 7.38. The van der Waals surface area contributed by atoms with Crippen molar-refractivity contribution in [2.45, 2.75) is 23.4 Å². The van der Waals surface area contributed by atoms with E-state index in [1.54, 1.807) is 0 Å². The zero-order chi connectivity index (χ0) is 45.1. The van der Waals surface area contributed by atoms with Crippen molar-refractivity contribution in [3.8, 4) is 46.0 Å². The van der Waals surface area contributed by atoms with Gasteiger partial charge in [-0.25, -0.2) is 0 Å². The van der Waals surface area contributed by atoms with Gasteiger partial charge in [0.15, 0.2) is 0 Å². The molecule has 0 amide bonds. The minimum atomic E-state index is -1.47. The summed E-state index contributed by atoms with van der Waals surface area (Å²) < 4.78 is 48.4. The van der Waals surface area contributed by atoms with Gasteiger partial charge in [0.1, 0.15) is 69.4 Å². The molecule has 4 unspecified atom stereocenters. The number of rotatable bonds is 16. The van der Waals surface area contributed by atoms with Crippen LogP contribution in [0.1, 0.15) is 23.0 Å². The molecule has 0 fully saturated rings. The van der Waals surface area contributed by atoms with Crippen LogP contribution in [0.15, 0.2) is 278 Å². The predicted molar refractivity (Wildman–Crippen MR) is 261 cm³/mol. The van der Waals surface area contributed by atoms with Gasteiger partial charge in [0, 0.05) is 24.3 Å². The lowest BCUT2D eigenvalue weighted by Crippen LogP contribution is -2.50. The van der Waals surface area contributed by atoms with E-state index < -0.39 is 23.4 Å². The van der Waals surface area contributed by atoms with Gasteiger partial charge in [-0.2, -0.15) is 0 Å². The van der Waals surface area contributed by atoms with Crippen LogP contribution in [0, 0.1) is 0 Å². The second-order valence-electron chi connectivity index (χ2n) is 15.9. The van der Waals surface area contributed by atoms with Crippen LogP contribution in [-0.2, 0) is 4.74 Å². The molecule has 10 rings (SSSR count). The molecule has 0 spiro atoms. The summed E-state index contributed by atoms with van der Waals surface area (Å²) in [6.07, 6.45) is 11.6. The molecule has 0 heterocycles. The van der Waals surface area contributed by atoms with Crippen LogP contribution in [0.5, 0.6) is 46.0 Å². The number of allylic oxidation sites excluding steroid dienone is 4. The van der Waals surface area contributed by atoms with E-state index in [4.69, 9.17) is 33.2 Å². The lowest BCUT2D eigenvalue weighted by molar-refractivity contribution is -0.103. The molecule has 8 aromatic carbocycles. The van der Waals surface area contributed by atoms with Gasteiger partial charge in [-0.3, -0.25) is 0 Å². The van der Waals surface area contributed by atoms with Crippen LogP contribution in [0.4, 0.5) is 0 Å². The molecule has 0 saturated carbocycles. The fraction of sp³-hybridized carbons (Fsp3) is 0.0667. The van der Waals surface area contributed by atoms with Crippen molar-refractivity contribution in [2.24, 2.45) is 0 Å². The fourth-order valence-electron chi connectivity index (χ4n) is 8.32. The Labute approximate surface area is 390 Å². The fourth-order valence-corrected chi connectivity index (χ4v) is 8.32. The first-order valence-corrected chi connectivity index (χ1v) is 22.2. The van der Waals surface area contributed by atoms with Gasteiger partial charge in [0.2, 0.25) is 0 Å². The van der Waals surface area contributed by atoms with Crippen molar-refractivity contribution in [3.05, 3.63) is 290 Å². The van der Waals surface area contributed by atoms with Crippen LogP contribution in [0.2, 0.25) is 0 Å². The molecule has 7 heteroatoms. The van der Waals surface area contributed by atoms with Crippen LogP contribution in [0.25, 0.3) is 0 Å². The van der Waals surface area contributed by atoms with Gasteiger partial charge in [0.25, 0.3) is 11.6 Å². The largest absolute Gasteiger partial charge is 0.464 e. The van der Waals surface area contributed by atoms with E-state index in [0.29, 0.717) is 57.5 Å². The van der Waals surface area contributed by atoms with E-state index in [0.717, 1.165) is 11.1 Å². The third-order valence-electron chi connectivity index (χ3n) is 11.2. The maximum atomic E-state index is 7.38. The highest BCUT2D eigenvalue weighted by molar-refractivity contribution is 5.47. The molecule has 67 heavy (non-hydrogen) atoms. The lowest BCUT2D eigenvalue weighted by atomic mass is 9.83.